The van der Waals surface area contributed by atoms with Crippen molar-refractivity contribution in [1.29, 1.82) is 0 Å². The van der Waals surface area contributed by atoms with Crippen molar-refractivity contribution in [3.63, 3.8) is 0 Å². The van der Waals surface area contributed by atoms with Crippen molar-refractivity contribution >= 4 is 34.4 Å². The Kier molecular flexibility index (Phi) is 5.11. The van der Waals surface area contributed by atoms with E-state index >= 15 is 0 Å². The Bertz CT molecular complexity index is 1250. The number of benzene rings is 2. The van der Waals surface area contributed by atoms with Crippen LogP contribution in [0.1, 0.15) is 16.8 Å². The van der Waals surface area contributed by atoms with Crippen LogP contribution in [0, 0.1) is 6.92 Å². The van der Waals surface area contributed by atoms with Crippen LogP contribution in [0.15, 0.2) is 63.3 Å². The van der Waals surface area contributed by atoms with Gasteiger partial charge in [0.15, 0.2) is 5.16 Å². The van der Waals surface area contributed by atoms with Crippen LogP contribution in [-0.4, -0.2) is 19.5 Å². The fourth-order valence-electron chi connectivity index (χ4n) is 3.02. The summed E-state index contributed by atoms with van der Waals surface area (Å²) in [5.74, 6) is 0.421. The number of hydrogen-bond donors (Lipinski definition) is 2. The lowest BCUT2D eigenvalue weighted by molar-refractivity contribution is 0.731. The van der Waals surface area contributed by atoms with E-state index in [9.17, 15) is 9.59 Å². The second kappa shape index (κ2) is 7.69. The molecule has 6 nitrogen and oxygen atoms in total. The monoisotopic (exact) mass is 412 g/mol. The molecule has 8 heteroatoms. The highest BCUT2D eigenvalue weighted by atomic mass is 35.5. The van der Waals surface area contributed by atoms with Crippen LogP contribution >= 0.6 is 23.4 Å². The molecule has 2 N–H and O–H groups in total. The highest BCUT2D eigenvalue weighted by molar-refractivity contribution is 7.98. The standard InChI is InChI=1S/C20H17ClN4O2S/c1-12-6-7-17-16(8-12)23-20(25(17)10-13-4-2-3-5-15(13)21)28-11-14-9-18(26)24-19(27)22-14/h2-9H,10-11H2,1H3,(H2,22,24,26,27). The van der Waals surface area contributed by atoms with E-state index in [1.165, 1.54) is 17.8 Å². The van der Waals surface area contributed by atoms with E-state index in [1.807, 2.05) is 43.3 Å². The van der Waals surface area contributed by atoms with Gasteiger partial charge >= 0.3 is 5.69 Å². The van der Waals surface area contributed by atoms with Crippen LogP contribution in [0.25, 0.3) is 11.0 Å². The van der Waals surface area contributed by atoms with Gasteiger partial charge in [-0.15, -0.1) is 0 Å². The van der Waals surface area contributed by atoms with Crippen molar-refractivity contribution < 1.29 is 0 Å². The number of nitrogens with one attached hydrogen (secondary N) is 2. The van der Waals surface area contributed by atoms with Crippen molar-refractivity contribution in [2.45, 2.75) is 24.4 Å². The molecule has 0 spiro atoms. The minimum atomic E-state index is -0.511. The highest BCUT2D eigenvalue weighted by Crippen LogP contribution is 2.29. The Morgan fingerprint density at radius 1 is 1.11 bits per heavy atom. The number of aromatic nitrogens is 4. The van der Waals surface area contributed by atoms with Gasteiger partial charge in [-0.25, -0.2) is 9.78 Å². The molecule has 2 aromatic heterocycles. The van der Waals surface area contributed by atoms with Gasteiger partial charge in [0.1, 0.15) is 0 Å². The van der Waals surface area contributed by atoms with Crippen LogP contribution in [0.2, 0.25) is 5.02 Å². The summed E-state index contributed by atoms with van der Waals surface area (Å²) < 4.78 is 2.10. The lowest BCUT2D eigenvalue weighted by Gasteiger charge is -2.10. The maximum absolute atomic E-state index is 11.5. The first kappa shape index (κ1) is 18.6. The Morgan fingerprint density at radius 3 is 2.71 bits per heavy atom. The fourth-order valence-corrected chi connectivity index (χ4v) is 4.13. The fraction of sp³-hybridized carbons (Fsp3) is 0.150. The van der Waals surface area contributed by atoms with Gasteiger partial charge in [-0.05, 0) is 36.2 Å². The van der Waals surface area contributed by atoms with Gasteiger partial charge in [0.05, 0.1) is 17.6 Å². The lowest BCUT2D eigenvalue weighted by atomic mass is 10.2. The number of rotatable bonds is 5. The molecule has 0 atom stereocenters. The van der Waals surface area contributed by atoms with E-state index in [0.29, 0.717) is 23.0 Å². The number of imidazole rings is 1. The number of aryl methyl sites for hydroxylation is 1. The average Bonchev–Trinajstić information content (AvgIpc) is 2.97. The quantitative estimate of drug-likeness (QED) is 0.489. The second-order valence-electron chi connectivity index (χ2n) is 6.47. The Morgan fingerprint density at radius 2 is 1.93 bits per heavy atom. The molecule has 0 amide bonds. The number of halogens is 1. The third-order valence-corrected chi connectivity index (χ3v) is 5.72. The predicted molar refractivity (Wildman–Crippen MR) is 112 cm³/mol. The lowest BCUT2D eigenvalue weighted by Crippen LogP contribution is -2.22. The third kappa shape index (κ3) is 3.90. The van der Waals surface area contributed by atoms with Gasteiger partial charge in [0, 0.05) is 22.5 Å². The minimum Gasteiger partial charge on any atom is -0.314 e. The molecular weight excluding hydrogens is 396 g/mol. The van der Waals surface area contributed by atoms with E-state index in [1.54, 1.807) is 0 Å². The SMILES string of the molecule is Cc1ccc2c(c1)nc(SCc1cc(=O)[nH]c(=O)[nH]1)n2Cc1ccccc1Cl. The van der Waals surface area contributed by atoms with Gasteiger partial charge in [-0.1, -0.05) is 47.6 Å². The van der Waals surface area contributed by atoms with Gasteiger partial charge in [-0.2, -0.15) is 0 Å². The zero-order valence-electron chi connectivity index (χ0n) is 15.0. The van der Waals surface area contributed by atoms with Gasteiger partial charge in [-0.3, -0.25) is 9.78 Å². The molecule has 0 aliphatic heterocycles. The molecule has 0 bridgehead atoms. The summed E-state index contributed by atoms with van der Waals surface area (Å²) in [6.45, 7) is 2.60. The summed E-state index contributed by atoms with van der Waals surface area (Å²) in [7, 11) is 0. The molecular formula is C20H17ClN4O2S. The van der Waals surface area contributed by atoms with E-state index in [2.05, 4.69) is 20.6 Å². The average molecular weight is 413 g/mol. The van der Waals surface area contributed by atoms with Gasteiger partial charge in [0.2, 0.25) is 0 Å². The zero-order chi connectivity index (χ0) is 19.7. The van der Waals surface area contributed by atoms with E-state index in [-0.39, 0.29) is 0 Å². The van der Waals surface area contributed by atoms with Crippen LogP contribution < -0.4 is 11.2 Å². The topological polar surface area (TPSA) is 83.5 Å². The number of hydrogen-bond acceptors (Lipinski definition) is 4. The van der Waals surface area contributed by atoms with Crippen LogP contribution in [-0.2, 0) is 12.3 Å². The van der Waals surface area contributed by atoms with Crippen molar-refractivity contribution in [2.24, 2.45) is 0 Å². The number of aromatic amines is 2. The number of thioether (sulfide) groups is 1. The number of H-pyrrole nitrogens is 2. The molecule has 0 aliphatic carbocycles. The molecule has 0 radical (unpaired) electrons. The summed E-state index contributed by atoms with van der Waals surface area (Å²) in [5, 5.41) is 1.49. The molecule has 2 aromatic carbocycles. The van der Waals surface area contributed by atoms with Gasteiger partial charge < -0.3 is 9.55 Å². The third-order valence-electron chi connectivity index (χ3n) is 4.33. The Balaban J connectivity index is 1.73. The van der Waals surface area contributed by atoms with Gasteiger partial charge in [0.25, 0.3) is 5.56 Å². The van der Waals surface area contributed by atoms with Crippen molar-refractivity contribution in [3.8, 4) is 0 Å². The zero-order valence-corrected chi connectivity index (χ0v) is 16.6. The van der Waals surface area contributed by atoms with E-state index in [0.717, 1.165) is 27.3 Å². The van der Waals surface area contributed by atoms with E-state index < -0.39 is 11.2 Å². The summed E-state index contributed by atoms with van der Waals surface area (Å²) in [6.07, 6.45) is 0. The van der Waals surface area contributed by atoms with Crippen LogP contribution in [0.5, 0.6) is 0 Å². The Hall–Kier alpha value is -2.77. The highest BCUT2D eigenvalue weighted by Gasteiger charge is 2.14. The van der Waals surface area contributed by atoms with Crippen LogP contribution in [0.3, 0.4) is 0 Å². The molecule has 0 aliphatic rings. The summed E-state index contributed by atoms with van der Waals surface area (Å²) in [6, 6.07) is 15.2. The van der Waals surface area contributed by atoms with Crippen molar-refractivity contribution in [2.75, 3.05) is 0 Å². The summed E-state index contributed by atoms with van der Waals surface area (Å²) in [4.78, 5) is 32.6. The molecule has 0 unspecified atom stereocenters. The van der Waals surface area contributed by atoms with Crippen LogP contribution in [0.4, 0.5) is 0 Å². The number of nitrogens with zero attached hydrogens (tertiary/aromatic N) is 2. The smallest absolute Gasteiger partial charge is 0.314 e. The first-order valence-corrected chi connectivity index (χ1v) is 10.0. The maximum atomic E-state index is 11.5. The maximum Gasteiger partial charge on any atom is 0.325 e. The molecule has 0 saturated carbocycles. The van der Waals surface area contributed by atoms with Crippen molar-refractivity contribution in [1.82, 2.24) is 19.5 Å². The normalized spacial score (nSPS) is 11.2. The molecule has 0 fully saturated rings. The predicted octanol–water partition coefficient (Wildman–Crippen LogP) is 3.72. The first-order chi connectivity index (χ1) is 13.5. The molecule has 4 rings (SSSR count). The molecule has 28 heavy (non-hydrogen) atoms. The first-order valence-electron chi connectivity index (χ1n) is 8.65. The minimum absolute atomic E-state index is 0.417. The summed E-state index contributed by atoms with van der Waals surface area (Å²) in [5.41, 5.74) is 3.65. The van der Waals surface area contributed by atoms with Crippen molar-refractivity contribution in [3.05, 3.63) is 91.2 Å². The molecule has 4 aromatic rings. The summed E-state index contributed by atoms with van der Waals surface area (Å²) >= 11 is 7.82. The number of fused-ring (bicyclic) bond motifs is 1. The second-order valence-corrected chi connectivity index (χ2v) is 7.82. The molecule has 2 heterocycles. The van der Waals surface area contributed by atoms with E-state index in [4.69, 9.17) is 16.6 Å². The Labute approximate surface area is 169 Å². The molecule has 0 saturated heterocycles. The molecule has 142 valence electrons. The largest absolute Gasteiger partial charge is 0.325 e.